The molecule has 1 amide bonds. The van der Waals surface area contributed by atoms with Gasteiger partial charge in [0, 0.05) is 12.8 Å². The summed E-state index contributed by atoms with van der Waals surface area (Å²) in [5, 5.41) is 201. The molecule has 81 heavy (non-hydrogen) atoms. The standard InChI is InChI=1S/C48H81NO32/c50-11-17-37-25(49-23(56)9-7-5-3-1-2-4-6-8-10-24(57)58)26(59)43(70-17)77-38-18(12-51)72-45(33(66)28(38)61)79-40-20(14-53)74-47(35(68)30(40)63)81-42-22(16-55)75-48(36(69)31(42)64)80-41-21(15-54)73-46(34(67)29(41)62)78-39-19(13-52)71-44(76-37)32(65)27(39)60/h17-22,25-48,50-55,59-69H,1-16H2,(H,49,56)(H,57,58)/t17-,18-,19-,20-,21-,22-,25+,26+,27-,28-,29-,30-,31-,32-,33-,34-,35-,36-,37-,38-,39-,40-,41-,42-,43-,44-,45-,46-,47-,48-/m1/s1. The number of carboxylic acids is 1. The van der Waals surface area contributed by atoms with Crippen LogP contribution in [-0.2, 0) is 66.4 Å². The fourth-order valence-electron chi connectivity index (χ4n) is 11.0. The normalized spacial score (nSPS) is 47.2. The number of carboxylic acid groups (broad SMARTS) is 1. The van der Waals surface area contributed by atoms with Crippen LogP contribution in [0.3, 0.4) is 0 Å². The van der Waals surface area contributed by atoms with Gasteiger partial charge in [0.1, 0.15) is 140 Å². The molecule has 22 rings (SSSR count). The minimum absolute atomic E-state index is 0.0814. The van der Waals surface area contributed by atoms with Crippen molar-refractivity contribution in [2.75, 3.05) is 39.6 Å². The summed E-state index contributed by atoms with van der Waals surface area (Å²) in [6.07, 6.45) is -51.7. The van der Waals surface area contributed by atoms with Gasteiger partial charge in [-0.2, -0.15) is 0 Å². The van der Waals surface area contributed by atoms with Gasteiger partial charge in [-0.25, -0.2) is 0 Å². The lowest BCUT2D eigenvalue weighted by molar-refractivity contribution is -0.401. The van der Waals surface area contributed by atoms with E-state index in [9.17, 15) is 96.4 Å². The molecule has 30 atom stereocenters. The summed E-state index contributed by atoms with van der Waals surface area (Å²) in [5.41, 5.74) is 0. The molecular weight excluding hydrogens is 1100 g/mol. The van der Waals surface area contributed by atoms with Crippen molar-refractivity contribution in [2.24, 2.45) is 0 Å². The second-order valence-corrected chi connectivity index (χ2v) is 21.2. The number of carbonyl (C=O) groups is 2. The van der Waals surface area contributed by atoms with Crippen molar-refractivity contribution in [3.8, 4) is 0 Å². The van der Waals surface area contributed by atoms with Crippen LogP contribution in [0.4, 0.5) is 0 Å². The van der Waals surface area contributed by atoms with E-state index >= 15 is 0 Å². The van der Waals surface area contributed by atoms with E-state index in [1.54, 1.807) is 0 Å². The Morgan fingerprint density at radius 3 is 0.765 bits per heavy atom. The third kappa shape index (κ3) is 15.3. The van der Waals surface area contributed by atoms with Gasteiger partial charge < -0.3 is 154 Å². The highest BCUT2D eigenvalue weighted by Gasteiger charge is 2.59. The predicted octanol–water partition coefficient (Wildman–Crippen LogP) is -9.95. The van der Waals surface area contributed by atoms with Crippen LogP contribution in [0.2, 0.25) is 0 Å². The number of rotatable bonds is 18. The molecule has 0 aliphatic carbocycles. The van der Waals surface area contributed by atoms with E-state index in [1.165, 1.54) is 0 Å². The molecule has 0 aromatic carbocycles. The van der Waals surface area contributed by atoms with E-state index in [1.807, 2.05) is 0 Å². The average molecular weight is 1180 g/mol. The van der Waals surface area contributed by atoms with E-state index in [0.29, 0.717) is 19.3 Å². The van der Waals surface area contributed by atoms with Gasteiger partial charge in [-0.05, 0) is 12.8 Å². The Morgan fingerprint density at radius 1 is 0.284 bits per heavy atom. The quantitative estimate of drug-likeness (QED) is 0.0567. The van der Waals surface area contributed by atoms with Crippen LogP contribution < -0.4 is 5.32 Å². The van der Waals surface area contributed by atoms with E-state index in [-0.39, 0.29) is 12.8 Å². The molecule has 0 unspecified atom stereocenters. The Kier molecular flexibility index (Phi) is 24.9. The Bertz CT molecular complexity index is 1910. The Morgan fingerprint density at radius 2 is 0.506 bits per heavy atom. The molecule has 22 aliphatic heterocycles. The summed E-state index contributed by atoms with van der Waals surface area (Å²) in [7, 11) is 0. The molecule has 22 aliphatic rings. The maximum atomic E-state index is 13.7. The smallest absolute Gasteiger partial charge is 0.303 e. The first-order chi connectivity index (χ1) is 38.7. The van der Waals surface area contributed by atoms with E-state index in [4.69, 9.17) is 61.9 Å². The molecule has 0 spiro atoms. The largest absolute Gasteiger partial charge is 0.481 e. The molecule has 33 heteroatoms. The highest BCUT2D eigenvalue weighted by Crippen LogP contribution is 2.38. The fourth-order valence-corrected chi connectivity index (χ4v) is 11.0. The van der Waals surface area contributed by atoms with E-state index in [0.717, 1.165) is 32.1 Å². The van der Waals surface area contributed by atoms with Gasteiger partial charge in [-0.3, -0.25) is 9.59 Å². The number of aliphatic carboxylic acids is 1. The minimum Gasteiger partial charge on any atom is -0.481 e. The molecule has 22 fully saturated rings. The molecule has 22 saturated heterocycles. The van der Waals surface area contributed by atoms with Crippen LogP contribution in [-0.4, -0.2) is 328 Å². The number of carbonyl (C=O) groups excluding carboxylic acids is 1. The molecular formula is C48H81NO32. The molecule has 0 saturated carbocycles. The van der Waals surface area contributed by atoms with E-state index in [2.05, 4.69) is 5.32 Å². The van der Waals surface area contributed by atoms with Crippen LogP contribution in [0, 0.1) is 0 Å². The minimum atomic E-state index is -2.19. The summed E-state index contributed by atoms with van der Waals surface area (Å²) >= 11 is 0. The summed E-state index contributed by atoms with van der Waals surface area (Å²) in [4.78, 5) is 24.5. The topological polar surface area (TPSA) is 521 Å². The highest BCUT2D eigenvalue weighted by molar-refractivity contribution is 5.76. The summed E-state index contributed by atoms with van der Waals surface area (Å²) < 4.78 is 69.7. The number of unbranched alkanes of at least 4 members (excludes halogenated alkanes) is 7. The molecule has 33 nitrogen and oxygen atoms in total. The monoisotopic (exact) mass is 1180 g/mol. The van der Waals surface area contributed by atoms with Crippen molar-refractivity contribution >= 4 is 11.9 Å². The van der Waals surface area contributed by atoms with Crippen molar-refractivity contribution < 1.29 is 158 Å². The molecule has 22 heterocycles. The van der Waals surface area contributed by atoms with Gasteiger partial charge in [-0.1, -0.05) is 38.5 Å². The van der Waals surface area contributed by atoms with Gasteiger partial charge in [0.25, 0.3) is 0 Å². The van der Waals surface area contributed by atoms with Crippen molar-refractivity contribution in [3.05, 3.63) is 0 Å². The van der Waals surface area contributed by atoms with Crippen LogP contribution in [0.1, 0.15) is 64.2 Å². The number of nitrogens with one attached hydrogen (secondary N) is 1. The van der Waals surface area contributed by atoms with Gasteiger partial charge in [-0.15, -0.1) is 0 Å². The Hall–Kier alpha value is -2.22. The average Bonchev–Trinajstić information content (AvgIpc) is 3.64. The lowest BCUT2D eigenvalue weighted by atomic mass is 9.93. The predicted molar refractivity (Wildman–Crippen MR) is 256 cm³/mol. The zero-order chi connectivity index (χ0) is 59.0. The maximum Gasteiger partial charge on any atom is 0.303 e. The van der Waals surface area contributed by atoms with Gasteiger partial charge in [0.05, 0.1) is 45.7 Å². The number of hydrogen-bond donors (Lipinski definition) is 19. The Labute approximate surface area is 462 Å². The molecule has 0 aromatic heterocycles. The van der Waals surface area contributed by atoms with Crippen molar-refractivity contribution in [3.63, 3.8) is 0 Å². The highest BCUT2D eigenvalue weighted by atomic mass is 16.8. The van der Waals surface area contributed by atoms with Gasteiger partial charge in [0.2, 0.25) is 5.91 Å². The molecule has 0 radical (unpaired) electrons. The lowest BCUT2D eigenvalue weighted by Crippen LogP contribution is -2.70. The SMILES string of the molecule is O=C(O)CCCCCCCCCCC(=O)N[C@H]1[C@H](O)[C@H]2O[C@H]3[C@H](O)[C@@H](O)[C@@H](O[C@H]4[C@H](O)[C@@H](O)[C@@H](O[C@H]5[C@H](O)[C@@H](O)[C@@H](O[C@H]6[C@H](O)[C@@H](O)[C@@H](O[C@H]7[C@H](O)[C@@H](O)[C@@H](O[C@@H]1[C@@H](CO)O2)O[C@@H]7CO)O[C@@H]6CO)O[C@@H]5CO)O[C@@H]4CO)O[C@@H]3CO. The summed E-state index contributed by atoms with van der Waals surface area (Å²) in [6.45, 7) is -6.11. The van der Waals surface area contributed by atoms with Gasteiger partial charge >= 0.3 is 5.97 Å². The number of aliphatic hydroxyl groups excluding tert-OH is 17. The van der Waals surface area contributed by atoms with Crippen molar-refractivity contribution in [2.45, 2.75) is 248 Å². The van der Waals surface area contributed by atoms with Crippen LogP contribution >= 0.6 is 0 Å². The second kappa shape index (κ2) is 30.4. The lowest BCUT2D eigenvalue weighted by Gasteiger charge is -2.51. The maximum absolute atomic E-state index is 13.7. The fraction of sp³-hybridized carbons (Fsp3) is 0.958. The molecule has 0 aromatic rings. The van der Waals surface area contributed by atoms with Crippen molar-refractivity contribution in [1.82, 2.24) is 5.32 Å². The number of hydrogen-bond acceptors (Lipinski definition) is 31. The van der Waals surface area contributed by atoms with Crippen LogP contribution in [0.5, 0.6) is 0 Å². The van der Waals surface area contributed by atoms with Crippen LogP contribution in [0.25, 0.3) is 0 Å². The number of amides is 1. The first-order valence-corrected chi connectivity index (χ1v) is 27.2. The molecule has 19 N–H and O–H groups in total. The zero-order valence-corrected chi connectivity index (χ0v) is 43.9. The first-order valence-electron chi connectivity index (χ1n) is 27.2. The summed E-state index contributed by atoms with van der Waals surface area (Å²) in [6, 6.07) is -1.70. The third-order valence-electron chi connectivity index (χ3n) is 15.6. The van der Waals surface area contributed by atoms with Crippen LogP contribution in [0.15, 0.2) is 0 Å². The second-order valence-electron chi connectivity index (χ2n) is 21.2. The third-order valence-corrected chi connectivity index (χ3v) is 15.6. The van der Waals surface area contributed by atoms with E-state index < -0.39 is 236 Å². The number of ether oxygens (including phenoxy) is 12. The number of aliphatic hydroxyl groups is 17. The zero-order valence-electron chi connectivity index (χ0n) is 43.9. The first kappa shape index (κ1) is 66.3. The Balaban J connectivity index is 1.17. The molecule has 470 valence electrons. The van der Waals surface area contributed by atoms with Gasteiger partial charge in [0.15, 0.2) is 37.7 Å². The van der Waals surface area contributed by atoms with Crippen molar-refractivity contribution in [1.29, 1.82) is 0 Å². The molecule has 12 bridgehead atoms. The summed E-state index contributed by atoms with van der Waals surface area (Å²) in [5.74, 6) is -1.55.